The number of benzene rings is 3. The van der Waals surface area contributed by atoms with E-state index in [4.69, 9.17) is 9.47 Å². The lowest BCUT2D eigenvalue weighted by Crippen LogP contribution is -2.38. The Morgan fingerprint density at radius 3 is 2.71 bits per heavy atom. The maximum Gasteiger partial charge on any atom is 0.264 e. The number of rotatable bonds is 7. The van der Waals surface area contributed by atoms with Crippen molar-refractivity contribution in [1.29, 1.82) is 0 Å². The number of H-pyrrole nitrogens is 1. The van der Waals surface area contributed by atoms with Crippen LogP contribution in [0.25, 0.3) is 22.6 Å². The molecule has 0 spiro atoms. The third-order valence-corrected chi connectivity index (χ3v) is 10.3. The summed E-state index contributed by atoms with van der Waals surface area (Å²) in [7, 11) is -3.82. The first-order valence-electron chi connectivity index (χ1n) is 13.9. The number of carbonyl (C=O) groups excluding carboxylic acids is 1. The number of anilines is 2. The number of morpholine rings is 1. The number of fused-ring (bicyclic) bond motifs is 3. The fraction of sp³-hybridized carbons (Fsp3) is 0.258. The van der Waals surface area contributed by atoms with Crippen molar-refractivity contribution in [3.05, 3.63) is 82.0 Å². The van der Waals surface area contributed by atoms with Crippen LogP contribution in [0.15, 0.2) is 70.0 Å². The zero-order valence-corrected chi connectivity index (χ0v) is 25.1. The van der Waals surface area contributed by atoms with E-state index in [-0.39, 0.29) is 10.8 Å². The van der Waals surface area contributed by atoms with Gasteiger partial charge in [0.05, 0.1) is 29.4 Å². The van der Waals surface area contributed by atoms with Gasteiger partial charge >= 0.3 is 0 Å². The lowest BCUT2D eigenvalue weighted by molar-refractivity contribution is -0.110. The summed E-state index contributed by atoms with van der Waals surface area (Å²) in [6.07, 6.45) is 2.41. The first kappa shape index (κ1) is 27.2. The molecule has 0 radical (unpaired) electrons. The van der Waals surface area contributed by atoms with Gasteiger partial charge in [-0.2, -0.15) is 0 Å². The minimum absolute atomic E-state index is 0.148. The number of ether oxygens (including phenoxy) is 2. The molecule has 2 N–H and O–H groups in total. The predicted octanol–water partition coefficient (Wildman–Crippen LogP) is 4.89. The second-order valence-corrected chi connectivity index (χ2v) is 13.4. The van der Waals surface area contributed by atoms with Gasteiger partial charge in [-0.3, -0.25) is 14.0 Å². The first-order valence-corrected chi connectivity index (χ1v) is 16.1. The highest BCUT2D eigenvalue weighted by molar-refractivity contribution is 9.10. The van der Waals surface area contributed by atoms with Gasteiger partial charge in [0.1, 0.15) is 12.4 Å². The SMILES string of the molecule is O=C1Nc2ccc(S(=O)(=O)N3CCc4cc(Br)ccc43)cc2C1=Cc1cc2cc(OCCN3CCOCC3)ccc2[nH]1. The number of nitrogens with zero attached hydrogens (tertiary/aromatic N) is 2. The Hall–Kier alpha value is -3.64. The zero-order valence-electron chi connectivity index (χ0n) is 22.7. The van der Waals surface area contributed by atoms with E-state index >= 15 is 0 Å². The largest absolute Gasteiger partial charge is 0.492 e. The molecule has 0 saturated carbocycles. The average molecular weight is 650 g/mol. The summed E-state index contributed by atoms with van der Waals surface area (Å²) in [5.74, 6) is 0.505. The molecule has 3 aliphatic heterocycles. The van der Waals surface area contributed by atoms with Crippen LogP contribution in [0.2, 0.25) is 0 Å². The minimum atomic E-state index is -3.82. The van der Waals surface area contributed by atoms with Crippen LogP contribution < -0.4 is 14.4 Å². The normalized spacial score (nSPS) is 18.0. The van der Waals surface area contributed by atoms with E-state index in [1.54, 1.807) is 24.3 Å². The van der Waals surface area contributed by atoms with Crippen LogP contribution in [-0.4, -0.2) is 70.2 Å². The van der Waals surface area contributed by atoms with E-state index in [2.05, 4.69) is 31.1 Å². The van der Waals surface area contributed by atoms with Crippen molar-refractivity contribution >= 4 is 65.8 Å². The van der Waals surface area contributed by atoms with Crippen LogP contribution in [0.4, 0.5) is 11.4 Å². The summed E-state index contributed by atoms with van der Waals surface area (Å²) < 4.78 is 41.2. The van der Waals surface area contributed by atoms with Gasteiger partial charge in [0.15, 0.2) is 0 Å². The highest BCUT2D eigenvalue weighted by atomic mass is 79.9. The number of amides is 1. The van der Waals surface area contributed by atoms with Crippen LogP contribution in [0.5, 0.6) is 5.75 Å². The summed E-state index contributed by atoms with van der Waals surface area (Å²) in [6.45, 7) is 5.19. The van der Waals surface area contributed by atoms with E-state index in [0.29, 0.717) is 42.1 Å². The molecule has 0 bridgehead atoms. The molecule has 4 aromatic rings. The number of carbonyl (C=O) groups is 1. The van der Waals surface area contributed by atoms with Crippen molar-refractivity contribution in [3.8, 4) is 5.75 Å². The molecule has 0 atom stereocenters. The van der Waals surface area contributed by atoms with Crippen molar-refractivity contribution < 1.29 is 22.7 Å². The summed E-state index contributed by atoms with van der Waals surface area (Å²) in [6, 6.07) is 18.3. The van der Waals surface area contributed by atoms with Gasteiger partial charge in [-0.1, -0.05) is 15.9 Å². The lowest BCUT2D eigenvalue weighted by Gasteiger charge is -2.26. The second kappa shape index (κ2) is 10.9. The maximum absolute atomic E-state index is 13.7. The Morgan fingerprint density at radius 1 is 1.00 bits per heavy atom. The van der Waals surface area contributed by atoms with Gasteiger partial charge in [0.2, 0.25) is 0 Å². The van der Waals surface area contributed by atoms with Gasteiger partial charge in [-0.25, -0.2) is 8.42 Å². The van der Waals surface area contributed by atoms with E-state index in [0.717, 1.165) is 65.2 Å². The highest BCUT2D eigenvalue weighted by Crippen LogP contribution is 2.39. The van der Waals surface area contributed by atoms with E-state index in [1.807, 2.05) is 42.5 Å². The van der Waals surface area contributed by atoms with E-state index in [9.17, 15) is 13.2 Å². The average Bonchev–Trinajstić information content (AvgIpc) is 3.68. The van der Waals surface area contributed by atoms with Crippen LogP contribution in [0, 0.1) is 0 Å². The molecule has 3 aliphatic rings. The van der Waals surface area contributed by atoms with Crippen LogP contribution in [-0.2, 0) is 26.0 Å². The summed E-state index contributed by atoms with van der Waals surface area (Å²) in [5, 5.41) is 3.82. The van der Waals surface area contributed by atoms with Gasteiger partial charge in [0, 0.05) is 58.5 Å². The molecule has 4 heterocycles. The number of halogens is 1. The molecule has 1 amide bonds. The Morgan fingerprint density at radius 2 is 1.86 bits per heavy atom. The van der Waals surface area contributed by atoms with Gasteiger partial charge in [-0.05, 0) is 78.7 Å². The zero-order chi connectivity index (χ0) is 28.8. The third-order valence-electron chi connectivity index (χ3n) is 7.95. The number of hydrogen-bond donors (Lipinski definition) is 2. The fourth-order valence-electron chi connectivity index (χ4n) is 5.76. The molecule has 42 heavy (non-hydrogen) atoms. The minimum Gasteiger partial charge on any atom is -0.492 e. The standard InChI is InChI=1S/C31H29BrN4O5S/c32-22-1-6-30-20(15-22)7-8-36(30)42(38,39)25-3-5-29-26(19-25)27(31(37)34-29)18-23-16-21-17-24(2-4-28(21)33-23)41-14-11-35-9-12-40-13-10-35/h1-6,15-19,33H,7-14H2,(H,34,37). The van der Waals surface area contributed by atoms with Crippen molar-refractivity contribution in [2.45, 2.75) is 11.3 Å². The maximum atomic E-state index is 13.7. The van der Waals surface area contributed by atoms with Gasteiger partial charge in [-0.15, -0.1) is 0 Å². The third kappa shape index (κ3) is 5.11. The predicted molar refractivity (Wildman–Crippen MR) is 166 cm³/mol. The number of hydrogen-bond acceptors (Lipinski definition) is 6. The van der Waals surface area contributed by atoms with Gasteiger partial charge < -0.3 is 19.8 Å². The number of nitrogens with one attached hydrogen (secondary N) is 2. The quantitative estimate of drug-likeness (QED) is 0.277. The molecule has 3 aromatic carbocycles. The number of sulfonamides is 1. The lowest BCUT2D eigenvalue weighted by atomic mass is 10.1. The van der Waals surface area contributed by atoms with E-state index in [1.165, 1.54) is 4.31 Å². The van der Waals surface area contributed by atoms with Crippen molar-refractivity contribution in [3.63, 3.8) is 0 Å². The number of aromatic nitrogens is 1. The molecule has 216 valence electrons. The Labute approximate surface area is 252 Å². The Bertz CT molecular complexity index is 1850. The molecule has 1 aromatic heterocycles. The topological polar surface area (TPSA) is 104 Å². The Balaban J connectivity index is 1.13. The highest BCUT2D eigenvalue weighted by Gasteiger charge is 2.33. The molecule has 7 rings (SSSR count). The molecule has 1 fully saturated rings. The van der Waals surface area contributed by atoms with E-state index < -0.39 is 10.0 Å². The van der Waals surface area contributed by atoms with Crippen molar-refractivity contribution in [2.24, 2.45) is 0 Å². The first-order chi connectivity index (χ1) is 20.3. The summed E-state index contributed by atoms with van der Waals surface area (Å²) >= 11 is 3.46. The second-order valence-electron chi connectivity index (χ2n) is 10.6. The molecule has 11 heteroatoms. The molecule has 1 saturated heterocycles. The van der Waals surface area contributed by atoms with Crippen LogP contribution in [0.1, 0.15) is 16.8 Å². The van der Waals surface area contributed by atoms with Crippen molar-refractivity contribution in [1.82, 2.24) is 9.88 Å². The molecule has 0 aliphatic carbocycles. The molecular weight excluding hydrogens is 620 g/mol. The van der Waals surface area contributed by atoms with Crippen LogP contribution in [0.3, 0.4) is 0 Å². The number of aromatic amines is 1. The smallest absolute Gasteiger partial charge is 0.264 e. The fourth-order valence-corrected chi connectivity index (χ4v) is 7.70. The van der Waals surface area contributed by atoms with Gasteiger partial charge in [0.25, 0.3) is 15.9 Å². The monoisotopic (exact) mass is 648 g/mol. The van der Waals surface area contributed by atoms with Crippen molar-refractivity contribution in [2.75, 3.05) is 55.6 Å². The molecule has 9 nitrogen and oxygen atoms in total. The molecule has 0 unspecified atom stereocenters. The molecular formula is C31H29BrN4O5S. The summed E-state index contributed by atoms with van der Waals surface area (Å²) in [4.78, 5) is 18.8. The Kier molecular flexibility index (Phi) is 7.05. The summed E-state index contributed by atoms with van der Waals surface area (Å²) in [5.41, 5.74) is 4.87. The van der Waals surface area contributed by atoms with Crippen LogP contribution >= 0.6 is 15.9 Å².